The first-order valence-corrected chi connectivity index (χ1v) is 6.32. The van der Waals surface area contributed by atoms with Crippen LogP contribution in [0.5, 0.6) is 0 Å². The Balaban J connectivity index is 2.09. The minimum Gasteiger partial charge on any atom is -0.394 e. The largest absolute Gasteiger partial charge is 0.394 e. The number of anilines is 1. The van der Waals surface area contributed by atoms with E-state index in [1.165, 1.54) is 0 Å². The van der Waals surface area contributed by atoms with Crippen molar-refractivity contribution in [1.82, 2.24) is 9.97 Å². The summed E-state index contributed by atoms with van der Waals surface area (Å²) in [5.41, 5.74) is -0.187. The first kappa shape index (κ1) is 12.3. The van der Waals surface area contributed by atoms with E-state index in [1.54, 1.807) is 6.20 Å². The van der Waals surface area contributed by atoms with Gasteiger partial charge >= 0.3 is 0 Å². The minimum atomic E-state index is -0.187. The van der Waals surface area contributed by atoms with E-state index in [0.717, 1.165) is 43.2 Å². The lowest BCUT2D eigenvalue weighted by molar-refractivity contribution is 0.155. The average Bonchev–Trinajstić information content (AvgIpc) is 2.33. The SMILES string of the molecule is Cc1nccc(NC2(CO)CCC(C)CC2)n1. The molecule has 94 valence electrons. The van der Waals surface area contributed by atoms with Gasteiger partial charge in [0.25, 0.3) is 0 Å². The van der Waals surface area contributed by atoms with E-state index >= 15 is 0 Å². The van der Waals surface area contributed by atoms with E-state index < -0.39 is 0 Å². The molecule has 1 aromatic rings. The van der Waals surface area contributed by atoms with Crippen molar-refractivity contribution < 1.29 is 5.11 Å². The molecule has 0 unspecified atom stereocenters. The Labute approximate surface area is 102 Å². The molecule has 0 spiro atoms. The van der Waals surface area contributed by atoms with Crippen molar-refractivity contribution in [2.45, 2.75) is 45.1 Å². The maximum absolute atomic E-state index is 9.65. The van der Waals surface area contributed by atoms with Crippen LogP contribution in [0, 0.1) is 12.8 Å². The second-order valence-electron chi connectivity index (χ2n) is 5.24. The highest BCUT2D eigenvalue weighted by Gasteiger charge is 2.33. The molecule has 0 aliphatic heterocycles. The number of aromatic nitrogens is 2. The minimum absolute atomic E-state index is 0.169. The molecule has 0 saturated heterocycles. The van der Waals surface area contributed by atoms with Crippen LogP contribution >= 0.6 is 0 Å². The smallest absolute Gasteiger partial charge is 0.130 e. The van der Waals surface area contributed by atoms with Crippen LogP contribution in [0.1, 0.15) is 38.4 Å². The number of aryl methyl sites for hydroxylation is 1. The second kappa shape index (κ2) is 5.00. The van der Waals surface area contributed by atoms with Crippen LogP contribution in [0.3, 0.4) is 0 Å². The summed E-state index contributed by atoms with van der Waals surface area (Å²) in [7, 11) is 0. The molecule has 2 rings (SSSR count). The van der Waals surface area contributed by atoms with E-state index in [0.29, 0.717) is 0 Å². The van der Waals surface area contributed by atoms with E-state index in [9.17, 15) is 5.11 Å². The number of hydrogen-bond acceptors (Lipinski definition) is 4. The molecular weight excluding hydrogens is 214 g/mol. The Morgan fingerprint density at radius 3 is 2.76 bits per heavy atom. The van der Waals surface area contributed by atoms with Crippen LogP contribution < -0.4 is 5.32 Å². The van der Waals surface area contributed by atoms with Gasteiger partial charge < -0.3 is 10.4 Å². The van der Waals surface area contributed by atoms with Crippen molar-refractivity contribution in [1.29, 1.82) is 0 Å². The summed E-state index contributed by atoms with van der Waals surface area (Å²) in [6.07, 6.45) is 6.10. The van der Waals surface area contributed by atoms with Crippen LogP contribution in [-0.2, 0) is 0 Å². The van der Waals surface area contributed by atoms with Crippen LogP contribution in [0.4, 0.5) is 5.82 Å². The van der Waals surface area contributed by atoms with Crippen molar-refractivity contribution in [3.63, 3.8) is 0 Å². The third kappa shape index (κ3) is 2.94. The van der Waals surface area contributed by atoms with Gasteiger partial charge in [-0.3, -0.25) is 0 Å². The Kier molecular flexibility index (Phi) is 3.62. The van der Waals surface area contributed by atoms with Gasteiger partial charge in [0, 0.05) is 6.20 Å². The summed E-state index contributed by atoms with van der Waals surface area (Å²) < 4.78 is 0. The summed E-state index contributed by atoms with van der Waals surface area (Å²) in [4.78, 5) is 8.43. The lowest BCUT2D eigenvalue weighted by atomic mass is 9.77. The Bertz CT molecular complexity index is 373. The van der Waals surface area contributed by atoms with Gasteiger partial charge in [0.05, 0.1) is 12.1 Å². The van der Waals surface area contributed by atoms with Crippen molar-refractivity contribution in [2.24, 2.45) is 5.92 Å². The zero-order chi connectivity index (χ0) is 12.3. The zero-order valence-electron chi connectivity index (χ0n) is 10.6. The van der Waals surface area contributed by atoms with Crippen molar-refractivity contribution in [3.8, 4) is 0 Å². The molecule has 4 heteroatoms. The topological polar surface area (TPSA) is 58.0 Å². The standard InChI is InChI=1S/C13H21N3O/c1-10-3-6-13(9-17,7-4-10)16-12-5-8-14-11(2)15-12/h5,8,10,17H,3-4,6-7,9H2,1-2H3,(H,14,15,16). The molecule has 0 atom stereocenters. The zero-order valence-corrected chi connectivity index (χ0v) is 10.6. The number of rotatable bonds is 3. The summed E-state index contributed by atoms with van der Waals surface area (Å²) in [6, 6.07) is 1.86. The van der Waals surface area contributed by atoms with E-state index in [4.69, 9.17) is 0 Å². The third-order valence-electron chi connectivity index (χ3n) is 3.70. The summed E-state index contributed by atoms with van der Waals surface area (Å²) in [5, 5.41) is 13.1. The summed E-state index contributed by atoms with van der Waals surface area (Å²) >= 11 is 0. The van der Waals surface area contributed by atoms with Gasteiger partial charge in [0.2, 0.25) is 0 Å². The van der Waals surface area contributed by atoms with E-state index in [1.807, 2.05) is 13.0 Å². The average molecular weight is 235 g/mol. The molecular formula is C13H21N3O. The first-order chi connectivity index (χ1) is 8.13. The van der Waals surface area contributed by atoms with Crippen LogP contribution in [0.2, 0.25) is 0 Å². The molecule has 1 heterocycles. The van der Waals surface area contributed by atoms with Gasteiger partial charge in [-0.15, -0.1) is 0 Å². The predicted octanol–water partition coefficient (Wildman–Crippen LogP) is 2.14. The molecule has 1 aromatic heterocycles. The van der Waals surface area contributed by atoms with Gasteiger partial charge in [-0.05, 0) is 44.6 Å². The van der Waals surface area contributed by atoms with E-state index in [2.05, 4.69) is 22.2 Å². The molecule has 17 heavy (non-hydrogen) atoms. The Morgan fingerprint density at radius 2 is 2.18 bits per heavy atom. The van der Waals surface area contributed by atoms with Gasteiger partial charge in [-0.25, -0.2) is 9.97 Å². The van der Waals surface area contributed by atoms with Gasteiger partial charge in [0.15, 0.2) is 0 Å². The Hall–Kier alpha value is -1.16. The van der Waals surface area contributed by atoms with Crippen LogP contribution in [0.15, 0.2) is 12.3 Å². The molecule has 1 saturated carbocycles. The third-order valence-corrected chi connectivity index (χ3v) is 3.70. The van der Waals surface area contributed by atoms with Gasteiger partial charge in [-0.1, -0.05) is 6.92 Å². The van der Waals surface area contributed by atoms with Crippen molar-refractivity contribution >= 4 is 5.82 Å². The number of nitrogens with zero attached hydrogens (tertiary/aromatic N) is 2. The van der Waals surface area contributed by atoms with Gasteiger partial charge in [-0.2, -0.15) is 0 Å². The first-order valence-electron chi connectivity index (χ1n) is 6.32. The lowest BCUT2D eigenvalue weighted by Gasteiger charge is -2.39. The molecule has 4 nitrogen and oxygen atoms in total. The van der Waals surface area contributed by atoms with Crippen LogP contribution in [-0.4, -0.2) is 27.2 Å². The monoisotopic (exact) mass is 235 g/mol. The number of aliphatic hydroxyl groups excluding tert-OH is 1. The normalized spacial score (nSPS) is 29.0. The molecule has 0 radical (unpaired) electrons. The lowest BCUT2D eigenvalue weighted by Crippen LogP contribution is -2.45. The predicted molar refractivity (Wildman–Crippen MR) is 67.8 cm³/mol. The highest BCUT2D eigenvalue weighted by molar-refractivity contribution is 5.37. The maximum atomic E-state index is 9.65. The number of hydrogen-bond donors (Lipinski definition) is 2. The quantitative estimate of drug-likeness (QED) is 0.842. The Morgan fingerprint density at radius 1 is 1.47 bits per heavy atom. The number of nitrogens with one attached hydrogen (secondary N) is 1. The van der Waals surface area contributed by atoms with Crippen molar-refractivity contribution in [2.75, 3.05) is 11.9 Å². The van der Waals surface area contributed by atoms with Crippen LogP contribution in [0.25, 0.3) is 0 Å². The van der Waals surface area contributed by atoms with Crippen molar-refractivity contribution in [3.05, 3.63) is 18.1 Å². The number of aliphatic hydroxyl groups is 1. The maximum Gasteiger partial charge on any atom is 0.130 e. The fourth-order valence-electron chi connectivity index (χ4n) is 2.43. The highest BCUT2D eigenvalue weighted by Crippen LogP contribution is 2.33. The molecule has 1 aliphatic carbocycles. The van der Waals surface area contributed by atoms with Gasteiger partial charge in [0.1, 0.15) is 11.6 Å². The fourth-order valence-corrected chi connectivity index (χ4v) is 2.43. The highest BCUT2D eigenvalue weighted by atomic mass is 16.3. The molecule has 1 aliphatic rings. The molecule has 0 amide bonds. The fraction of sp³-hybridized carbons (Fsp3) is 0.692. The molecule has 0 bridgehead atoms. The molecule has 1 fully saturated rings. The van der Waals surface area contributed by atoms with E-state index in [-0.39, 0.29) is 12.1 Å². The second-order valence-corrected chi connectivity index (χ2v) is 5.24. The summed E-state index contributed by atoms with van der Waals surface area (Å²) in [5.74, 6) is 2.34. The molecule has 2 N–H and O–H groups in total. The molecule has 0 aromatic carbocycles. The summed E-state index contributed by atoms with van der Waals surface area (Å²) in [6.45, 7) is 4.32.